The van der Waals surface area contributed by atoms with E-state index in [-0.39, 0.29) is 11.8 Å². The van der Waals surface area contributed by atoms with Crippen LogP contribution >= 0.6 is 12.2 Å². The predicted octanol–water partition coefficient (Wildman–Crippen LogP) is -0.694. The number of aliphatic carboxylic acids is 1. The molecule has 0 aliphatic carbocycles. The van der Waals surface area contributed by atoms with Gasteiger partial charge in [-0.2, -0.15) is 0 Å². The summed E-state index contributed by atoms with van der Waals surface area (Å²) in [5.74, 6) is -0.690. The van der Waals surface area contributed by atoms with Crippen LogP contribution in [0.4, 0.5) is 0 Å². The van der Waals surface area contributed by atoms with Crippen LogP contribution in [0.25, 0.3) is 0 Å². The third-order valence-electron chi connectivity index (χ3n) is 1.91. The Morgan fingerprint density at radius 1 is 1.56 bits per heavy atom. The Hall–Kier alpha value is -1.21. The highest BCUT2D eigenvalue weighted by atomic mass is 32.1. The van der Waals surface area contributed by atoms with Gasteiger partial charge in [-0.3, -0.25) is 9.59 Å². The van der Waals surface area contributed by atoms with Crippen LogP contribution in [0.5, 0.6) is 0 Å². The lowest BCUT2D eigenvalue weighted by molar-refractivity contribution is -0.140. The van der Waals surface area contributed by atoms with Crippen molar-refractivity contribution < 1.29 is 14.7 Å². The van der Waals surface area contributed by atoms with E-state index >= 15 is 0 Å². The van der Waals surface area contributed by atoms with E-state index in [4.69, 9.17) is 5.11 Å². The fourth-order valence-corrected chi connectivity index (χ4v) is 1.30. The maximum Gasteiger partial charge on any atom is 0.320 e. The van der Waals surface area contributed by atoms with Crippen molar-refractivity contribution in [2.45, 2.75) is 19.9 Å². The van der Waals surface area contributed by atoms with E-state index in [1.165, 1.54) is 0 Å². The Morgan fingerprint density at radius 2 is 2.12 bits per heavy atom. The Labute approximate surface area is 99.8 Å². The molecule has 0 aromatic rings. The van der Waals surface area contributed by atoms with E-state index in [1.54, 1.807) is 7.05 Å². The van der Waals surface area contributed by atoms with Gasteiger partial charge in [-0.25, -0.2) is 0 Å². The monoisotopic (exact) mass is 247 g/mol. The number of hydrogen-bond acceptors (Lipinski definition) is 4. The first-order valence-corrected chi connectivity index (χ1v) is 5.27. The minimum atomic E-state index is -0.785. The molecule has 92 valence electrons. The first kappa shape index (κ1) is 14.8. The van der Waals surface area contributed by atoms with E-state index < -0.39 is 12.0 Å². The Bertz CT molecular complexity index is 267. The summed E-state index contributed by atoms with van der Waals surface area (Å²) in [6.07, 6.45) is 0. The van der Waals surface area contributed by atoms with Gasteiger partial charge >= 0.3 is 5.97 Å². The van der Waals surface area contributed by atoms with Gasteiger partial charge < -0.3 is 21.1 Å². The molecule has 1 amide bonds. The molecule has 1 atom stereocenters. The molecule has 4 N–H and O–H groups in total. The lowest BCUT2D eigenvalue weighted by Gasteiger charge is -2.13. The molecule has 1 aliphatic rings. The normalized spacial score (nSPS) is 16.0. The average Bonchev–Trinajstić information content (AvgIpc) is 2.50. The van der Waals surface area contributed by atoms with Crippen molar-refractivity contribution in [3.8, 4) is 0 Å². The number of carboxylic acid groups (broad SMARTS) is 1. The number of amides is 1. The molecule has 1 fully saturated rings. The van der Waals surface area contributed by atoms with Crippen molar-refractivity contribution in [1.29, 1.82) is 0 Å². The van der Waals surface area contributed by atoms with Crippen LogP contribution in [0.2, 0.25) is 0 Å². The van der Waals surface area contributed by atoms with Crippen molar-refractivity contribution in [1.82, 2.24) is 16.0 Å². The minimum Gasteiger partial charge on any atom is -0.480 e. The Morgan fingerprint density at radius 3 is 2.19 bits per heavy atom. The summed E-state index contributed by atoms with van der Waals surface area (Å²) >= 11 is 4.55. The molecule has 1 saturated heterocycles. The van der Waals surface area contributed by atoms with Crippen LogP contribution in [-0.2, 0) is 9.59 Å². The summed E-state index contributed by atoms with van der Waals surface area (Å²) < 4.78 is 0. The van der Waals surface area contributed by atoms with Gasteiger partial charge in [0.15, 0.2) is 5.11 Å². The van der Waals surface area contributed by atoms with Gasteiger partial charge in [-0.15, -0.1) is 0 Å². The van der Waals surface area contributed by atoms with E-state index in [2.05, 4.69) is 28.2 Å². The fourth-order valence-electron chi connectivity index (χ4n) is 1.12. The molecule has 1 heterocycles. The van der Waals surface area contributed by atoms with Crippen LogP contribution < -0.4 is 16.0 Å². The topological polar surface area (TPSA) is 90.5 Å². The second-order valence-corrected chi connectivity index (χ2v) is 3.99. The maximum absolute atomic E-state index is 10.3. The summed E-state index contributed by atoms with van der Waals surface area (Å²) in [7, 11) is 1.65. The summed E-state index contributed by atoms with van der Waals surface area (Å²) in [4.78, 5) is 20.5. The van der Waals surface area contributed by atoms with Crippen LogP contribution in [0.1, 0.15) is 13.8 Å². The highest BCUT2D eigenvalue weighted by Gasteiger charge is 2.17. The maximum atomic E-state index is 10.3. The zero-order chi connectivity index (χ0) is 12.7. The summed E-state index contributed by atoms with van der Waals surface area (Å²) in [6, 6.07) is -0.412. The molecule has 0 radical (unpaired) electrons. The smallest absolute Gasteiger partial charge is 0.320 e. The van der Waals surface area contributed by atoms with E-state index in [0.29, 0.717) is 11.7 Å². The quantitative estimate of drug-likeness (QED) is 0.493. The van der Waals surface area contributed by atoms with E-state index in [9.17, 15) is 9.59 Å². The first-order valence-electron chi connectivity index (χ1n) is 4.86. The van der Waals surface area contributed by atoms with Gasteiger partial charge in [0.1, 0.15) is 6.04 Å². The van der Waals surface area contributed by atoms with Gasteiger partial charge in [0, 0.05) is 0 Å². The lowest BCUT2D eigenvalue weighted by Crippen LogP contribution is -2.38. The molecule has 1 aliphatic heterocycles. The Kier molecular flexibility index (Phi) is 6.59. The molecule has 16 heavy (non-hydrogen) atoms. The molecule has 0 aromatic carbocycles. The number of rotatable bonds is 3. The third kappa shape index (κ3) is 5.62. The molecule has 6 nitrogen and oxygen atoms in total. The number of carboxylic acids is 1. The van der Waals surface area contributed by atoms with Crippen molar-refractivity contribution >= 4 is 29.2 Å². The van der Waals surface area contributed by atoms with Crippen molar-refractivity contribution in [3.05, 3.63) is 0 Å². The van der Waals surface area contributed by atoms with Crippen LogP contribution in [-0.4, -0.2) is 41.7 Å². The number of likely N-dealkylation sites (N-methyl/N-ethyl adjacent to an activating group) is 1. The SMILES string of the molecule is CN[C@H](C(=O)O)C(C)C.O=C1CNC(=S)N1. The highest BCUT2D eigenvalue weighted by Crippen LogP contribution is 1.99. The Balaban J connectivity index is 0.000000288. The minimum absolute atomic E-state index is 0.0509. The van der Waals surface area contributed by atoms with Crippen molar-refractivity contribution in [2.24, 2.45) is 5.92 Å². The number of carbonyl (C=O) groups is 2. The lowest BCUT2D eigenvalue weighted by atomic mass is 10.1. The van der Waals surface area contributed by atoms with Crippen LogP contribution in [0.3, 0.4) is 0 Å². The van der Waals surface area contributed by atoms with Gasteiger partial charge in [0.25, 0.3) is 0 Å². The number of nitrogens with one attached hydrogen (secondary N) is 3. The van der Waals surface area contributed by atoms with Gasteiger partial charge in [-0.05, 0) is 25.2 Å². The summed E-state index contributed by atoms with van der Waals surface area (Å²) in [5, 5.41) is 16.7. The fraction of sp³-hybridized carbons (Fsp3) is 0.667. The first-order chi connectivity index (χ1) is 7.38. The molecule has 0 spiro atoms. The standard InChI is InChI=1S/C6H13NO2.C3H4N2OS/c1-4(2)5(7-3)6(8)9;6-2-1-4-3(7)5-2/h4-5,7H,1-3H3,(H,8,9);1H2,(H2,4,5,6,7)/t5-;/m0./s1. The van der Waals surface area contributed by atoms with Crippen molar-refractivity contribution in [3.63, 3.8) is 0 Å². The molecule has 7 heteroatoms. The second-order valence-electron chi connectivity index (χ2n) is 3.58. The summed E-state index contributed by atoms with van der Waals surface area (Å²) in [6.45, 7) is 4.07. The average molecular weight is 247 g/mol. The molecular weight excluding hydrogens is 230 g/mol. The van der Waals surface area contributed by atoms with Crippen molar-refractivity contribution in [2.75, 3.05) is 13.6 Å². The van der Waals surface area contributed by atoms with Crippen LogP contribution in [0.15, 0.2) is 0 Å². The van der Waals surface area contributed by atoms with Gasteiger partial charge in [0.2, 0.25) is 5.91 Å². The highest BCUT2D eigenvalue weighted by molar-refractivity contribution is 7.80. The molecule has 0 saturated carbocycles. The number of thiocarbonyl (C=S) groups is 1. The van der Waals surface area contributed by atoms with E-state index in [0.717, 1.165) is 0 Å². The molecule has 0 unspecified atom stereocenters. The third-order valence-corrected chi connectivity index (χ3v) is 2.15. The number of carbonyl (C=O) groups excluding carboxylic acids is 1. The predicted molar refractivity (Wildman–Crippen MR) is 64.1 cm³/mol. The second kappa shape index (κ2) is 7.13. The summed E-state index contributed by atoms with van der Waals surface area (Å²) in [5.41, 5.74) is 0. The molecule has 1 rings (SSSR count). The molecular formula is C9H17N3O3S. The molecule has 0 bridgehead atoms. The van der Waals surface area contributed by atoms with Gasteiger partial charge in [0.05, 0.1) is 6.54 Å². The zero-order valence-corrected chi connectivity index (χ0v) is 10.4. The molecule has 0 aromatic heterocycles. The van der Waals surface area contributed by atoms with Gasteiger partial charge in [-0.1, -0.05) is 13.8 Å². The van der Waals surface area contributed by atoms with Crippen LogP contribution in [0, 0.1) is 5.92 Å². The zero-order valence-electron chi connectivity index (χ0n) is 9.53. The largest absolute Gasteiger partial charge is 0.480 e. The number of hydrogen-bond donors (Lipinski definition) is 4. The van der Waals surface area contributed by atoms with E-state index in [1.807, 2.05) is 13.8 Å².